The molecule has 2 aromatic carbocycles. The fourth-order valence-electron chi connectivity index (χ4n) is 3.30. The van der Waals surface area contributed by atoms with Crippen LogP contribution in [0.15, 0.2) is 52.9 Å². The Morgan fingerprint density at radius 2 is 1.87 bits per heavy atom. The Balaban J connectivity index is 1.63. The van der Waals surface area contributed by atoms with Crippen molar-refractivity contribution in [2.24, 2.45) is 0 Å². The van der Waals surface area contributed by atoms with Crippen LogP contribution in [0.2, 0.25) is 0 Å². The zero-order valence-corrected chi connectivity index (χ0v) is 15.5. The van der Waals surface area contributed by atoms with E-state index in [-0.39, 0.29) is 17.7 Å². The molecular formula is C20H17F3N4O3. The number of amides is 1. The minimum Gasteiger partial charge on any atom is -0.419 e. The van der Waals surface area contributed by atoms with Gasteiger partial charge in [-0.1, -0.05) is 12.1 Å². The molecule has 0 spiro atoms. The number of para-hydroxylation sites is 1. The second kappa shape index (κ2) is 7.45. The van der Waals surface area contributed by atoms with Gasteiger partial charge in [0.1, 0.15) is 0 Å². The van der Waals surface area contributed by atoms with Gasteiger partial charge >= 0.3 is 6.18 Å². The van der Waals surface area contributed by atoms with Gasteiger partial charge in [-0.15, -0.1) is 10.2 Å². The fraction of sp³-hybridized carbons (Fsp3) is 0.250. The largest absolute Gasteiger partial charge is 0.419 e. The highest BCUT2D eigenvalue weighted by atomic mass is 19.4. The highest BCUT2D eigenvalue weighted by molar-refractivity contribution is 5.89. The van der Waals surface area contributed by atoms with E-state index in [0.717, 1.165) is 12.1 Å². The lowest BCUT2D eigenvalue weighted by Crippen LogP contribution is -2.39. The Hall–Kier alpha value is -3.40. The molecule has 0 bridgehead atoms. The maximum atomic E-state index is 12.8. The number of hydrogen-bond acceptors (Lipinski definition) is 6. The number of carbonyl (C=O) groups is 1. The van der Waals surface area contributed by atoms with Crippen molar-refractivity contribution in [2.45, 2.75) is 18.0 Å². The Labute approximate surface area is 168 Å². The summed E-state index contributed by atoms with van der Waals surface area (Å²) in [6.45, 7) is -0.0743. The molecule has 1 atom stereocenters. The molecule has 4 rings (SSSR count). The normalized spacial score (nSPS) is 19.0. The van der Waals surface area contributed by atoms with E-state index < -0.39 is 23.8 Å². The summed E-state index contributed by atoms with van der Waals surface area (Å²) in [5.41, 5.74) is -0.547. The third-order valence-corrected chi connectivity index (χ3v) is 5.02. The second-order valence-corrected chi connectivity index (χ2v) is 6.90. The first-order valence-corrected chi connectivity index (χ1v) is 9.10. The third-order valence-electron chi connectivity index (χ3n) is 5.02. The maximum absolute atomic E-state index is 12.8. The molecule has 156 valence electrons. The molecule has 10 heteroatoms. The molecule has 1 aromatic heterocycles. The number of aromatic nitrogens is 2. The van der Waals surface area contributed by atoms with Gasteiger partial charge in [0.25, 0.3) is 0 Å². The average Bonchev–Trinajstić information content (AvgIpc) is 3.35. The van der Waals surface area contributed by atoms with Gasteiger partial charge in [0.2, 0.25) is 17.7 Å². The van der Waals surface area contributed by atoms with Gasteiger partial charge in [0.15, 0.2) is 5.41 Å². The molecule has 7 nitrogen and oxygen atoms in total. The van der Waals surface area contributed by atoms with Gasteiger partial charge in [-0.25, -0.2) is 0 Å². The summed E-state index contributed by atoms with van der Waals surface area (Å²) in [7, 11) is 0. The topological polar surface area (TPSA) is 100 Å². The van der Waals surface area contributed by atoms with E-state index in [1.807, 2.05) is 0 Å². The Morgan fingerprint density at radius 1 is 1.13 bits per heavy atom. The van der Waals surface area contributed by atoms with Crippen LogP contribution < -0.4 is 10.6 Å². The van der Waals surface area contributed by atoms with Gasteiger partial charge in [0, 0.05) is 12.2 Å². The summed E-state index contributed by atoms with van der Waals surface area (Å²) in [6, 6.07) is 11.5. The quantitative estimate of drug-likeness (QED) is 0.588. The summed E-state index contributed by atoms with van der Waals surface area (Å²) < 4.78 is 44.0. The predicted octanol–water partition coefficient (Wildman–Crippen LogP) is 3.25. The van der Waals surface area contributed by atoms with Gasteiger partial charge in [0.05, 0.1) is 23.4 Å². The smallest absolute Gasteiger partial charge is 0.416 e. The summed E-state index contributed by atoms with van der Waals surface area (Å²) in [4.78, 5) is 12.2. The van der Waals surface area contributed by atoms with Crippen LogP contribution in [0.4, 0.5) is 24.5 Å². The van der Waals surface area contributed by atoms with Crippen LogP contribution in [-0.4, -0.2) is 34.4 Å². The summed E-state index contributed by atoms with van der Waals surface area (Å²) >= 11 is 0. The summed E-state index contributed by atoms with van der Waals surface area (Å²) in [6.07, 6.45) is -4.08. The Bertz CT molecular complexity index is 1070. The number of nitrogens with one attached hydrogen (secondary N) is 2. The van der Waals surface area contributed by atoms with Crippen molar-refractivity contribution in [2.75, 3.05) is 18.5 Å². The van der Waals surface area contributed by atoms with Crippen LogP contribution in [0.5, 0.6) is 0 Å². The number of anilines is 2. The van der Waals surface area contributed by atoms with Gasteiger partial charge in [-0.3, -0.25) is 4.79 Å². The minimum absolute atomic E-state index is 0.0133. The van der Waals surface area contributed by atoms with Crippen molar-refractivity contribution in [3.8, 4) is 11.5 Å². The van der Waals surface area contributed by atoms with Crippen LogP contribution in [0.25, 0.3) is 11.5 Å². The highest BCUT2D eigenvalue weighted by Gasteiger charge is 2.48. The minimum atomic E-state index is -4.41. The highest BCUT2D eigenvalue weighted by Crippen LogP contribution is 2.35. The van der Waals surface area contributed by atoms with Crippen LogP contribution in [0.3, 0.4) is 0 Å². The van der Waals surface area contributed by atoms with Crippen molar-refractivity contribution >= 4 is 17.3 Å². The Morgan fingerprint density at radius 3 is 2.50 bits per heavy atom. The molecule has 0 aliphatic carbocycles. The van der Waals surface area contributed by atoms with E-state index in [0.29, 0.717) is 29.9 Å². The summed E-state index contributed by atoms with van der Waals surface area (Å²) in [5, 5.41) is 23.4. The number of carbonyl (C=O) groups excluding carboxylic acids is 1. The maximum Gasteiger partial charge on any atom is 0.416 e. The molecule has 2 heterocycles. The first kappa shape index (κ1) is 19.9. The van der Waals surface area contributed by atoms with Crippen molar-refractivity contribution in [3.05, 3.63) is 60.0 Å². The lowest BCUT2D eigenvalue weighted by Gasteiger charge is -2.18. The van der Waals surface area contributed by atoms with Gasteiger partial charge in [-0.2, -0.15) is 13.2 Å². The molecule has 0 radical (unpaired) electrons. The van der Waals surface area contributed by atoms with Crippen LogP contribution in [-0.2, 0) is 16.4 Å². The number of rotatable bonds is 5. The molecular weight excluding hydrogens is 401 g/mol. The number of benzene rings is 2. The van der Waals surface area contributed by atoms with Gasteiger partial charge in [-0.05, 0) is 42.8 Å². The molecule has 0 unspecified atom stereocenters. The van der Waals surface area contributed by atoms with Crippen LogP contribution in [0, 0.1) is 0 Å². The lowest BCUT2D eigenvalue weighted by molar-refractivity contribution is -0.137. The van der Waals surface area contributed by atoms with E-state index in [4.69, 9.17) is 4.42 Å². The van der Waals surface area contributed by atoms with E-state index >= 15 is 0 Å². The van der Waals surface area contributed by atoms with E-state index in [1.54, 1.807) is 24.3 Å². The molecule has 3 N–H and O–H groups in total. The molecule has 0 saturated carbocycles. The number of hydrogen-bond donors (Lipinski definition) is 3. The number of aliphatic hydroxyl groups is 1. The summed E-state index contributed by atoms with van der Waals surface area (Å²) in [5.74, 6) is -0.247. The monoisotopic (exact) mass is 418 g/mol. The van der Waals surface area contributed by atoms with Crippen LogP contribution in [0.1, 0.15) is 17.9 Å². The number of aliphatic hydroxyl groups excluding tert-OH is 1. The zero-order chi connectivity index (χ0) is 21.4. The number of nitrogens with zero attached hydrogens (tertiary/aromatic N) is 2. The lowest BCUT2D eigenvalue weighted by atomic mass is 9.87. The molecule has 1 amide bonds. The number of alkyl halides is 3. The molecule has 1 saturated heterocycles. The second-order valence-electron chi connectivity index (χ2n) is 6.90. The standard InChI is InChI=1S/C20H17F3N4O3/c21-20(22,23)12-5-7-13(8-6-12)25-15-4-2-1-3-14(15)16-26-27-18(30-16)19(11-28)9-10-24-17(19)29/h1-8,25,28H,9-11H2,(H,24,29)/t19-/m0/s1. The van der Waals surface area contributed by atoms with E-state index in [9.17, 15) is 23.1 Å². The molecule has 1 fully saturated rings. The first-order chi connectivity index (χ1) is 14.3. The van der Waals surface area contributed by atoms with E-state index in [2.05, 4.69) is 20.8 Å². The van der Waals surface area contributed by atoms with Crippen molar-refractivity contribution in [1.29, 1.82) is 0 Å². The number of halogens is 3. The van der Waals surface area contributed by atoms with Crippen molar-refractivity contribution in [1.82, 2.24) is 15.5 Å². The third kappa shape index (κ3) is 3.50. The first-order valence-electron chi connectivity index (χ1n) is 9.10. The SMILES string of the molecule is O=C1NCC[C@@]1(CO)c1nnc(-c2ccccc2Nc2ccc(C(F)(F)F)cc2)o1. The van der Waals surface area contributed by atoms with Crippen LogP contribution >= 0.6 is 0 Å². The zero-order valence-electron chi connectivity index (χ0n) is 15.5. The predicted molar refractivity (Wildman–Crippen MR) is 101 cm³/mol. The Kier molecular flexibility index (Phi) is 4.94. The molecule has 3 aromatic rings. The molecule has 1 aliphatic heterocycles. The van der Waals surface area contributed by atoms with E-state index in [1.165, 1.54) is 12.1 Å². The van der Waals surface area contributed by atoms with Gasteiger partial charge < -0.3 is 20.2 Å². The van der Waals surface area contributed by atoms with Crippen molar-refractivity contribution < 1.29 is 27.5 Å². The molecule has 1 aliphatic rings. The average molecular weight is 418 g/mol. The van der Waals surface area contributed by atoms with Crippen molar-refractivity contribution in [3.63, 3.8) is 0 Å². The molecule has 30 heavy (non-hydrogen) atoms. The fourth-order valence-corrected chi connectivity index (χ4v) is 3.30.